The van der Waals surface area contributed by atoms with Gasteiger partial charge in [0, 0.05) is 0 Å². The van der Waals surface area contributed by atoms with Crippen molar-refractivity contribution >= 4 is 0 Å². The van der Waals surface area contributed by atoms with Crippen molar-refractivity contribution in [2.75, 3.05) is 11.7 Å². The molecule has 0 spiro atoms. The molecule has 0 saturated heterocycles. The van der Waals surface area contributed by atoms with Crippen LogP contribution in [0.2, 0.25) is 0 Å². The molecule has 0 saturated carbocycles. The Bertz CT molecular complexity index is 285. The first-order valence-electron chi connectivity index (χ1n) is 1.98. The van der Waals surface area contributed by atoms with Crippen molar-refractivity contribution in [1.82, 2.24) is 9.58 Å². The molecule has 0 aliphatic rings. The zero-order valence-corrected chi connectivity index (χ0v) is 4.27. The van der Waals surface area contributed by atoms with Gasteiger partial charge in [0.1, 0.15) is 0 Å². The van der Waals surface area contributed by atoms with Gasteiger partial charge < -0.3 is 16.1 Å². The van der Waals surface area contributed by atoms with E-state index in [1.807, 2.05) is 0 Å². The van der Waals surface area contributed by atoms with Gasteiger partial charge in [-0.1, -0.05) is 0 Å². The van der Waals surface area contributed by atoms with Crippen molar-refractivity contribution in [1.29, 1.82) is 0 Å². The van der Waals surface area contributed by atoms with Gasteiger partial charge in [0.2, 0.25) is 0 Å². The Balaban J connectivity index is 3.67. The van der Waals surface area contributed by atoms with Crippen LogP contribution < -0.4 is 23.2 Å². The standard InChI is InChI=1S/C2H4N4O3/c3-5-1(7)9-2(8)6(5)4/h3-4H2. The summed E-state index contributed by atoms with van der Waals surface area (Å²) in [5.41, 5.74) is 0. The van der Waals surface area contributed by atoms with Crippen LogP contribution in [0, 0.1) is 0 Å². The maximum atomic E-state index is 10.2. The minimum absolute atomic E-state index is 0.363. The van der Waals surface area contributed by atoms with Crippen LogP contribution in [-0.4, -0.2) is 9.58 Å². The van der Waals surface area contributed by atoms with Crippen LogP contribution in [-0.2, 0) is 0 Å². The van der Waals surface area contributed by atoms with Crippen molar-refractivity contribution in [3.8, 4) is 0 Å². The molecule has 1 rings (SSSR count). The summed E-state index contributed by atoms with van der Waals surface area (Å²) >= 11 is 0. The molecule has 0 radical (unpaired) electrons. The van der Waals surface area contributed by atoms with Crippen LogP contribution >= 0.6 is 0 Å². The Kier molecular flexibility index (Phi) is 0.855. The third-order valence-corrected chi connectivity index (χ3v) is 0.781. The maximum absolute atomic E-state index is 10.2. The maximum Gasteiger partial charge on any atom is 0.459 e. The molecule has 4 N–H and O–H groups in total. The third kappa shape index (κ3) is 0.581. The van der Waals surface area contributed by atoms with Crippen molar-refractivity contribution in [3.05, 3.63) is 21.1 Å². The highest BCUT2D eigenvalue weighted by molar-refractivity contribution is 4.57. The highest BCUT2D eigenvalue weighted by atomic mass is 16.5. The lowest BCUT2D eigenvalue weighted by Gasteiger charge is -1.88. The summed E-state index contributed by atoms with van der Waals surface area (Å²) in [7, 11) is 0. The van der Waals surface area contributed by atoms with Gasteiger partial charge in [0.15, 0.2) is 0 Å². The summed E-state index contributed by atoms with van der Waals surface area (Å²) in [5.74, 6) is 7.73. The molecule has 9 heavy (non-hydrogen) atoms. The van der Waals surface area contributed by atoms with Gasteiger partial charge in [-0.15, -0.1) is 9.58 Å². The van der Waals surface area contributed by atoms with Crippen molar-refractivity contribution in [2.45, 2.75) is 0 Å². The molecule has 50 valence electrons. The Morgan fingerprint density at radius 3 is 1.56 bits per heavy atom. The Labute approximate surface area is 48.0 Å². The number of nitrogens with two attached hydrogens (primary N) is 2. The monoisotopic (exact) mass is 132 g/mol. The highest BCUT2D eigenvalue weighted by Gasteiger charge is 2.02. The van der Waals surface area contributed by atoms with E-state index in [2.05, 4.69) is 4.42 Å². The predicted molar refractivity (Wildman–Crippen MR) is 27.5 cm³/mol. The lowest BCUT2D eigenvalue weighted by Crippen LogP contribution is -2.37. The molecule has 7 nitrogen and oxygen atoms in total. The van der Waals surface area contributed by atoms with Crippen LogP contribution in [0.4, 0.5) is 0 Å². The zero-order chi connectivity index (χ0) is 7.02. The van der Waals surface area contributed by atoms with E-state index >= 15 is 0 Å². The first-order valence-corrected chi connectivity index (χ1v) is 1.98. The second-order valence-corrected chi connectivity index (χ2v) is 1.32. The molecule has 0 aliphatic heterocycles. The van der Waals surface area contributed by atoms with Crippen LogP contribution in [0.15, 0.2) is 14.0 Å². The van der Waals surface area contributed by atoms with E-state index in [4.69, 9.17) is 11.7 Å². The van der Waals surface area contributed by atoms with E-state index in [1.54, 1.807) is 0 Å². The number of hydrogen-bond acceptors (Lipinski definition) is 5. The molecular formula is C2H4N4O3. The van der Waals surface area contributed by atoms with Gasteiger partial charge in [0.25, 0.3) is 0 Å². The molecule has 0 amide bonds. The van der Waals surface area contributed by atoms with E-state index in [9.17, 15) is 9.59 Å². The largest absolute Gasteiger partial charge is 0.459 e. The van der Waals surface area contributed by atoms with Crippen molar-refractivity contribution < 1.29 is 4.42 Å². The Hall–Kier alpha value is -1.66. The summed E-state index contributed by atoms with van der Waals surface area (Å²) in [6, 6.07) is 0. The van der Waals surface area contributed by atoms with E-state index in [1.165, 1.54) is 0 Å². The van der Waals surface area contributed by atoms with Gasteiger partial charge in [-0.3, -0.25) is 0 Å². The van der Waals surface area contributed by atoms with Crippen molar-refractivity contribution in [3.63, 3.8) is 0 Å². The second-order valence-electron chi connectivity index (χ2n) is 1.32. The van der Waals surface area contributed by atoms with E-state index < -0.39 is 11.5 Å². The first-order chi connectivity index (χ1) is 4.13. The number of nitrogens with zero attached hydrogens (tertiary/aromatic N) is 2. The average Bonchev–Trinajstić information content (AvgIpc) is 1.98. The van der Waals surface area contributed by atoms with Crippen LogP contribution in [0.5, 0.6) is 0 Å². The second kappa shape index (κ2) is 1.41. The lowest BCUT2D eigenvalue weighted by molar-refractivity contribution is 0.466. The molecule has 0 aromatic carbocycles. The summed E-state index contributed by atoms with van der Waals surface area (Å²) < 4.78 is 3.91. The Morgan fingerprint density at radius 2 is 1.44 bits per heavy atom. The molecule has 0 fully saturated rings. The van der Waals surface area contributed by atoms with Gasteiger partial charge in [-0.25, -0.2) is 9.59 Å². The molecule has 7 heteroatoms. The summed E-state index contributed by atoms with van der Waals surface area (Å²) in [6.07, 6.45) is 0. The van der Waals surface area contributed by atoms with Crippen molar-refractivity contribution in [2.24, 2.45) is 0 Å². The fourth-order valence-electron chi connectivity index (χ4n) is 0.344. The molecule has 0 atom stereocenters. The smallest absolute Gasteiger partial charge is 0.354 e. The summed E-state index contributed by atoms with van der Waals surface area (Å²) in [6.45, 7) is 0. The molecular weight excluding hydrogens is 128 g/mol. The average molecular weight is 132 g/mol. The molecule has 1 aromatic rings. The first kappa shape index (κ1) is 5.48. The zero-order valence-electron chi connectivity index (χ0n) is 4.27. The number of hydrogen-bond donors (Lipinski definition) is 2. The van der Waals surface area contributed by atoms with E-state index in [-0.39, 0.29) is 0 Å². The number of rotatable bonds is 0. The molecule has 1 aromatic heterocycles. The molecule has 0 unspecified atom stereocenters. The highest BCUT2D eigenvalue weighted by Crippen LogP contribution is 1.54. The third-order valence-electron chi connectivity index (χ3n) is 0.781. The topological polar surface area (TPSA) is 109 Å². The fraction of sp³-hybridized carbons (Fsp3) is 0. The molecule has 0 aliphatic carbocycles. The molecule has 1 heterocycles. The minimum atomic E-state index is -0.984. The Morgan fingerprint density at radius 1 is 1.11 bits per heavy atom. The summed E-state index contributed by atoms with van der Waals surface area (Å²) in [4.78, 5) is 21.2. The quantitative estimate of drug-likeness (QED) is 0.366. The van der Waals surface area contributed by atoms with Crippen LogP contribution in [0.3, 0.4) is 0 Å². The predicted octanol–water partition coefficient (Wildman–Crippen LogP) is -2.97. The normalized spacial score (nSPS) is 9.78. The minimum Gasteiger partial charge on any atom is -0.354 e. The molecule has 0 bridgehead atoms. The van der Waals surface area contributed by atoms with E-state index in [0.717, 1.165) is 0 Å². The number of nitrogen functional groups attached to an aromatic ring is 2. The fourth-order valence-corrected chi connectivity index (χ4v) is 0.344. The van der Waals surface area contributed by atoms with Gasteiger partial charge in [-0.2, -0.15) is 0 Å². The van der Waals surface area contributed by atoms with Gasteiger partial charge >= 0.3 is 11.5 Å². The van der Waals surface area contributed by atoms with Crippen LogP contribution in [0.1, 0.15) is 0 Å². The van der Waals surface area contributed by atoms with Crippen LogP contribution in [0.25, 0.3) is 0 Å². The lowest BCUT2D eigenvalue weighted by atomic mass is 11.4. The van der Waals surface area contributed by atoms with Gasteiger partial charge in [0.05, 0.1) is 0 Å². The van der Waals surface area contributed by atoms with E-state index in [0.29, 0.717) is 9.58 Å². The SMILES string of the molecule is Nn1c(=O)oc(=O)n1N. The summed E-state index contributed by atoms with van der Waals surface area (Å²) in [5, 5.41) is 0. The number of aromatic nitrogens is 2. The van der Waals surface area contributed by atoms with Gasteiger partial charge in [-0.05, 0) is 0 Å².